The first kappa shape index (κ1) is 17.0. The van der Waals surface area contributed by atoms with Crippen LogP contribution in [0.1, 0.15) is 27.7 Å². The fourth-order valence-corrected chi connectivity index (χ4v) is 3.37. The summed E-state index contributed by atoms with van der Waals surface area (Å²) in [5.74, 6) is 0.879. The van der Waals surface area contributed by atoms with Crippen molar-refractivity contribution >= 4 is 38.9 Å². The Hall–Kier alpha value is -1.83. The number of hydrogen-bond donors (Lipinski definition) is 1. The number of fused-ring (bicyclic) bond motifs is 1. The van der Waals surface area contributed by atoms with E-state index in [0.29, 0.717) is 19.6 Å². The van der Waals surface area contributed by atoms with E-state index in [9.17, 15) is 4.79 Å². The van der Waals surface area contributed by atoms with Crippen LogP contribution >= 0.6 is 15.9 Å². The number of carbonyl (C=O) groups excluding carboxylic acids is 1. The Balaban J connectivity index is 1.78. The summed E-state index contributed by atoms with van der Waals surface area (Å²) in [6.45, 7) is 9.67. The quantitative estimate of drug-likeness (QED) is 0.802. The van der Waals surface area contributed by atoms with E-state index in [1.54, 1.807) is 11.2 Å². The molecule has 1 fully saturated rings. The van der Waals surface area contributed by atoms with Crippen LogP contribution in [0.2, 0.25) is 0 Å². The second-order valence-electron chi connectivity index (χ2n) is 7.03. The van der Waals surface area contributed by atoms with Gasteiger partial charge in [0.25, 0.3) is 0 Å². The predicted octanol–water partition coefficient (Wildman–Crippen LogP) is 3.17. The molecule has 0 aliphatic carbocycles. The van der Waals surface area contributed by atoms with Gasteiger partial charge in [-0.05, 0) is 43.6 Å². The minimum atomic E-state index is -0.483. The number of nitrogens with zero attached hydrogens (tertiary/aromatic N) is 4. The van der Waals surface area contributed by atoms with Gasteiger partial charge in [0.1, 0.15) is 23.4 Å². The van der Waals surface area contributed by atoms with Crippen LogP contribution in [0.15, 0.2) is 17.0 Å². The first-order valence-corrected chi connectivity index (χ1v) is 8.78. The molecule has 2 aromatic rings. The van der Waals surface area contributed by atoms with E-state index >= 15 is 0 Å². The molecule has 1 aliphatic heterocycles. The van der Waals surface area contributed by atoms with E-state index in [1.165, 1.54) is 0 Å². The number of nitrogens with one attached hydrogen (secondary N) is 1. The highest BCUT2D eigenvalue weighted by molar-refractivity contribution is 9.10. The van der Waals surface area contributed by atoms with Crippen molar-refractivity contribution in [2.45, 2.75) is 39.3 Å². The van der Waals surface area contributed by atoms with Gasteiger partial charge in [0.2, 0.25) is 0 Å². The molecule has 3 rings (SSSR count). The van der Waals surface area contributed by atoms with Crippen LogP contribution in [0.3, 0.4) is 0 Å². The van der Waals surface area contributed by atoms with Gasteiger partial charge in [0.15, 0.2) is 0 Å². The zero-order valence-electron chi connectivity index (χ0n) is 14.3. The number of halogens is 1. The van der Waals surface area contributed by atoms with Crippen LogP contribution in [0.4, 0.5) is 10.6 Å². The number of ether oxygens (including phenoxy) is 1. The summed E-state index contributed by atoms with van der Waals surface area (Å²) in [5, 5.41) is 0.968. The van der Waals surface area contributed by atoms with Crippen molar-refractivity contribution in [3.63, 3.8) is 0 Å². The van der Waals surface area contributed by atoms with Crippen molar-refractivity contribution < 1.29 is 9.53 Å². The SMILES string of the molecule is C[C@@H]1CN(c2ncnc3[nH]cc(Br)c23)CCN1C(=O)OC(C)(C)C. The Morgan fingerprint density at radius 1 is 1.38 bits per heavy atom. The summed E-state index contributed by atoms with van der Waals surface area (Å²) in [6, 6.07) is 0.0383. The molecular formula is C16H22BrN5O2. The Kier molecular flexibility index (Phi) is 4.42. The molecule has 24 heavy (non-hydrogen) atoms. The van der Waals surface area contributed by atoms with E-state index in [4.69, 9.17) is 4.74 Å². The molecule has 0 saturated carbocycles. The zero-order chi connectivity index (χ0) is 17.5. The number of amides is 1. The highest BCUT2D eigenvalue weighted by Crippen LogP contribution is 2.31. The summed E-state index contributed by atoms with van der Waals surface area (Å²) < 4.78 is 6.44. The maximum atomic E-state index is 12.3. The first-order valence-electron chi connectivity index (χ1n) is 7.98. The van der Waals surface area contributed by atoms with Crippen LogP contribution < -0.4 is 4.90 Å². The number of hydrogen-bond acceptors (Lipinski definition) is 5. The third kappa shape index (κ3) is 3.33. The van der Waals surface area contributed by atoms with Gasteiger partial charge in [0.05, 0.1) is 5.39 Å². The topological polar surface area (TPSA) is 74.4 Å². The molecular weight excluding hydrogens is 374 g/mol. The van der Waals surface area contributed by atoms with Gasteiger partial charge in [0, 0.05) is 36.3 Å². The number of H-pyrrole nitrogens is 1. The minimum absolute atomic E-state index is 0.0383. The van der Waals surface area contributed by atoms with Crippen LogP contribution in [-0.2, 0) is 4.74 Å². The lowest BCUT2D eigenvalue weighted by atomic mass is 10.2. The van der Waals surface area contributed by atoms with Crippen molar-refractivity contribution in [1.82, 2.24) is 19.9 Å². The molecule has 3 heterocycles. The van der Waals surface area contributed by atoms with Gasteiger partial charge >= 0.3 is 6.09 Å². The summed E-state index contributed by atoms with van der Waals surface area (Å²) in [6.07, 6.45) is 3.17. The second kappa shape index (κ2) is 6.23. The Morgan fingerprint density at radius 2 is 2.12 bits per heavy atom. The maximum absolute atomic E-state index is 12.3. The summed E-state index contributed by atoms with van der Waals surface area (Å²) in [4.78, 5) is 28.1. The number of aromatic nitrogens is 3. The maximum Gasteiger partial charge on any atom is 0.410 e. The largest absolute Gasteiger partial charge is 0.444 e. The van der Waals surface area contributed by atoms with Crippen LogP contribution in [-0.4, -0.2) is 57.2 Å². The smallest absolute Gasteiger partial charge is 0.410 e. The molecule has 0 bridgehead atoms. The highest BCUT2D eigenvalue weighted by Gasteiger charge is 2.32. The first-order chi connectivity index (χ1) is 11.3. The third-order valence-corrected chi connectivity index (χ3v) is 4.58. The highest BCUT2D eigenvalue weighted by atomic mass is 79.9. The summed E-state index contributed by atoms with van der Waals surface area (Å²) in [7, 11) is 0. The van der Waals surface area contributed by atoms with Crippen molar-refractivity contribution in [3.8, 4) is 0 Å². The number of carbonyl (C=O) groups is 1. The van der Waals surface area contributed by atoms with Crippen LogP contribution in [0.5, 0.6) is 0 Å². The molecule has 8 heteroatoms. The molecule has 0 unspecified atom stereocenters. The van der Waals surface area contributed by atoms with Crippen LogP contribution in [0, 0.1) is 0 Å². The number of anilines is 1. The van der Waals surface area contributed by atoms with Crippen LogP contribution in [0.25, 0.3) is 11.0 Å². The van der Waals surface area contributed by atoms with E-state index < -0.39 is 5.60 Å². The lowest BCUT2D eigenvalue weighted by molar-refractivity contribution is 0.0159. The fraction of sp³-hybridized carbons (Fsp3) is 0.562. The molecule has 1 amide bonds. The number of aromatic amines is 1. The third-order valence-electron chi connectivity index (χ3n) is 3.96. The monoisotopic (exact) mass is 395 g/mol. The number of piperazine rings is 1. The van der Waals surface area contributed by atoms with Crippen molar-refractivity contribution in [1.29, 1.82) is 0 Å². The van der Waals surface area contributed by atoms with Gasteiger partial charge in [-0.2, -0.15) is 0 Å². The summed E-state index contributed by atoms with van der Waals surface area (Å²) >= 11 is 3.55. The zero-order valence-corrected chi connectivity index (χ0v) is 15.9. The Labute approximate surface area is 149 Å². The van der Waals surface area contributed by atoms with Crippen molar-refractivity contribution in [3.05, 3.63) is 17.0 Å². The van der Waals surface area contributed by atoms with Crippen molar-refractivity contribution in [2.24, 2.45) is 0 Å². The van der Waals surface area contributed by atoms with Crippen molar-refractivity contribution in [2.75, 3.05) is 24.5 Å². The van der Waals surface area contributed by atoms with E-state index in [0.717, 1.165) is 21.3 Å². The molecule has 1 saturated heterocycles. The van der Waals surface area contributed by atoms with Gasteiger partial charge in [-0.3, -0.25) is 0 Å². The average Bonchev–Trinajstić information content (AvgIpc) is 2.87. The molecule has 7 nitrogen and oxygen atoms in total. The second-order valence-corrected chi connectivity index (χ2v) is 7.88. The van der Waals surface area contributed by atoms with Gasteiger partial charge in [-0.25, -0.2) is 14.8 Å². The lowest BCUT2D eigenvalue weighted by Gasteiger charge is -2.40. The Morgan fingerprint density at radius 3 is 2.79 bits per heavy atom. The van der Waals surface area contributed by atoms with E-state index in [-0.39, 0.29) is 12.1 Å². The molecule has 2 aromatic heterocycles. The van der Waals surface area contributed by atoms with E-state index in [1.807, 2.05) is 33.9 Å². The molecule has 0 spiro atoms. The minimum Gasteiger partial charge on any atom is -0.444 e. The normalized spacial score (nSPS) is 19.0. The predicted molar refractivity (Wildman–Crippen MR) is 96.2 cm³/mol. The van der Waals surface area contributed by atoms with Gasteiger partial charge in [-0.15, -0.1) is 0 Å². The standard InChI is InChI=1S/C16H22BrN5O2/c1-10-8-21(5-6-22(10)15(23)24-16(2,3)4)14-12-11(17)7-18-13(12)19-9-20-14/h7,9-10H,5-6,8H2,1-4H3,(H,18,19,20)/t10-/m1/s1. The molecule has 1 N–H and O–H groups in total. The van der Waals surface area contributed by atoms with Gasteiger partial charge < -0.3 is 19.5 Å². The molecule has 0 aromatic carbocycles. The molecule has 1 aliphatic rings. The summed E-state index contributed by atoms with van der Waals surface area (Å²) in [5.41, 5.74) is 0.317. The van der Waals surface area contributed by atoms with Gasteiger partial charge in [-0.1, -0.05) is 0 Å². The fourth-order valence-electron chi connectivity index (χ4n) is 2.89. The lowest BCUT2D eigenvalue weighted by Crippen LogP contribution is -2.55. The molecule has 130 valence electrons. The average molecular weight is 396 g/mol. The Bertz CT molecular complexity index is 754. The van der Waals surface area contributed by atoms with E-state index in [2.05, 4.69) is 35.8 Å². The molecule has 1 atom stereocenters. The molecule has 0 radical (unpaired) electrons. The number of rotatable bonds is 1.